The highest BCUT2D eigenvalue weighted by Crippen LogP contribution is 2.39. The third-order valence-electron chi connectivity index (χ3n) is 4.17. The molecular weight excluding hydrogens is 348 g/mol. The molecule has 1 heterocycles. The second-order valence-electron chi connectivity index (χ2n) is 5.88. The lowest BCUT2D eigenvalue weighted by molar-refractivity contribution is -0.132. The summed E-state index contributed by atoms with van der Waals surface area (Å²) in [6, 6.07) is 3.10. The van der Waals surface area contributed by atoms with Gasteiger partial charge in [-0.1, -0.05) is 11.6 Å². The minimum atomic E-state index is -1.22. The number of carbonyl (C=O) groups excluding carboxylic acids is 1. The van der Waals surface area contributed by atoms with Crippen LogP contribution in [0.4, 0.5) is 5.69 Å². The van der Waals surface area contributed by atoms with Gasteiger partial charge in [-0.3, -0.25) is 9.69 Å². The van der Waals surface area contributed by atoms with Gasteiger partial charge in [-0.05, 0) is 23.8 Å². The standard InChI is InChI=1S/C17H19ClN2O5/c18-13-7-10-11(8-14(13)19-1-5-25-6-4-21)16(22)12(17(23)24)9-15(10)20-2-3-20/h7-9,15,19,21H,1-6H2,(H,23,24). The number of ketones is 1. The Hall–Kier alpha value is -1.93. The molecule has 1 aliphatic carbocycles. The number of carboxylic acids is 1. The minimum absolute atomic E-state index is 0.0453. The molecule has 3 rings (SSSR count). The van der Waals surface area contributed by atoms with Crippen molar-refractivity contribution >= 4 is 29.0 Å². The van der Waals surface area contributed by atoms with Crippen molar-refractivity contribution in [1.82, 2.24) is 4.90 Å². The molecule has 0 amide bonds. The number of hydrogen-bond acceptors (Lipinski definition) is 6. The number of anilines is 1. The average Bonchev–Trinajstić information content (AvgIpc) is 3.40. The van der Waals surface area contributed by atoms with Crippen molar-refractivity contribution in [3.63, 3.8) is 0 Å². The average molecular weight is 367 g/mol. The molecule has 8 heteroatoms. The van der Waals surface area contributed by atoms with Crippen LogP contribution in [0.25, 0.3) is 0 Å². The number of nitrogens with zero attached hydrogens (tertiary/aromatic N) is 1. The number of benzene rings is 1. The SMILES string of the molecule is O=C(O)C1=CC(N2CC2)c2cc(Cl)c(NCCOCCO)cc2C1=O. The smallest absolute Gasteiger partial charge is 0.339 e. The summed E-state index contributed by atoms with van der Waals surface area (Å²) in [4.78, 5) is 26.0. The fraction of sp³-hybridized carbons (Fsp3) is 0.412. The number of carboxylic acid groups (broad SMARTS) is 1. The number of Topliss-reactive ketones (excluding diaryl/α,β-unsaturated/α-hetero) is 1. The lowest BCUT2D eigenvalue weighted by atomic mass is 9.86. The molecule has 134 valence electrons. The molecule has 7 nitrogen and oxygen atoms in total. The van der Waals surface area contributed by atoms with Gasteiger partial charge in [0, 0.05) is 25.2 Å². The third-order valence-corrected chi connectivity index (χ3v) is 4.49. The largest absolute Gasteiger partial charge is 0.478 e. The highest BCUT2D eigenvalue weighted by molar-refractivity contribution is 6.34. The molecule has 1 aromatic carbocycles. The Balaban J connectivity index is 1.85. The topological polar surface area (TPSA) is 98.9 Å². The predicted octanol–water partition coefficient (Wildman–Crippen LogP) is 1.32. The van der Waals surface area contributed by atoms with Gasteiger partial charge in [-0.2, -0.15) is 0 Å². The van der Waals surface area contributed by atoms with E-state index in [2.05, 4.69) is 10.2 Å². The van der Waals surface area contributed by atoms with Crippen LogP contribution >= 0.6 is 11.6 Å². The first kappa shape index (κ1) is 17.9. The number of halogens is 1. The number of carbonyl (C=O) groups is 2. The molecule has 3 N–H and O–H groups in total. The molecule has 25 heavy (non-hydrogen) atoms. The number of aliphatic hydroxyl groups excluding tert-OH is 1. The number of nitrogens with one attached hydrogen (secondary N) is 1. The van der Waals surface area contributed by atoms with E-state index in [0.717, 1.165) is 18.7 Å². The molecule has 1 atom stereocenters. The molecule has 1 aromatic rings. The van der Waals surface area contributed by atoms with Crippen LogP contribution < -0.4 is 5.32 Å². The van der Waals surface area contributed by atoms with Gasteiger partial charge in [-0.25, -0.2) is 4.79 Å². The molecule has 2 aliphatic rings. The monoisotopic (exact) mass is 366 g/mol. The van der Waals surface area contributed by atoms with Gasteiger partial charge >= 0.3 is 5.97 Å². The summed E-state index contributed by atoms with van der Waals surface area (Å²) in [6.07, 6.45) is 1.51. The summed E-state index contributed by atoms with van der Waals surface area (Å²) in [7, 11) is 0. The molecule has 1 fully saturated rings. The molecule has 0 spiro atoms. The van der Waals surface area contributed by atoms with Gasteiger partial charge in [0.05, 0.1) is 36.6 Å². The Bertz CT molecular complexity index is 730. The van der Waals surface area contributed by atoms with Crippen LogP contribution in [0.5, 0.6) is 0 Å². The summed E-state index contributed by atoms with van der Waals surface area (Å²) in [6.45, 7) is 2.75. The Morgan fingerprint density at radius 1 is 1.36 bits per heavy atom. The number of fused-ring (bicyclic) bond motifs is 1. The second kappa shape index (κ2) is 7.53. The quantitative estimate of drug-likeness (QED) is 0.362. The first-order chi connectivity index (χ1) is 12.0. The van der Waals surface area contributed by atoms with Crippen molar-refractivity contribution < 1.29 is 24.5 Å². The molecule has 1 saturated heterocycles. The Labute approximate surface area is 149 Å². The number of aliphatic hydroxyl groups is 1. The summed E-state index contributed by atoms with van der Waals surface area (Å²) < 4.78 is 5.17. The lowest BCUT2D eigenvalue weighted by Gasteiger charge is -2.25. The fourth-order valence-corrected chi connectivity index (χ4v) is 3.10. The number of hydrogen-bond donors (Lipinski definition) is 3. The van der Waals surface area contributed by atoms with Gasteiger partial charge in [0.25, 0.3) is 0 Å². The Morgan fingerprint density at radius 3 is 2.76 bits per heavy atom. The van der Waals surface area contributed by atoms with Crippen LogP contribution in [0.2, 0.25) is 5.02 Å². The van der Waals surface area contributed by atoms with Crippen LogP contribution in [0.15, 0.2) is 23.8 Å². The Morgan fingerprint density at radius 2 is 2.12 bits per heavy atom. The van der Waals surface area contributed by atoms with E-state index in [0.29, 0.717) is 29.4 Å². The van der Waals surface area contributed by atoms with E-state index in [-0.39, 0.29) is 24.8 Å². The third kappa shape index (κ3) is 3.85. The molecular formula is C17H19ClN2O5. The first-order valence-corrected chi connectivity index (χ1v) is 8.40. The number of aliphatic carboxylic acids is 1. The zero-order chi connectivity index (χ0) is 18.0. The summed E-state index contributed by atoms with van der Waals surface area (Å²) >= 11 is 6.33. The van der Waals surface area contributed by atoms with Crippen LogP contribution in [0, 0.1) is 0 Å². The van der Waals surface area contributed by atoms with Gasteiger partial charge < -0.3 is 20.3 Å². The van der Waals surface area contributed by atoms with Crippen LogP contribution in [0.3, 0.4) is 0 Å². The van der Waals surface area contributed by atoms with Gasteiger partial charge in [0.1, 0.15) is 5.57 Å². The second-order valence-corrected chi connectivity index (χ2v) is 6.28. The number of rotatable bonds is 8. The summed E-state index contributed by atoms with van der Waals surface area (Å²) in [5.41, 5.74) is 1.45. The van der Waals surface area contributed by atoms with Gasteiger partial charge in [0.15, 0.2) is 0 Å². The highest BCUT2D eigenvalue weighted by Gasteiger charge is 2.37. The maximum absolute atomic E-state index is 12.5. The first-order valence-electron chi connectivity index (χ1n) is 8.02. The van der Waals surface area contributed by atoms with E-state index in [4.69, 9.17) is 21.4 Å². The zero-order valence-corrected chi connectivity index (χ0v) is 14.3. The number of ether oxygens (including phenoxy) is 1. The van der Waals surface area contributed by atoms with Gasteiger partial charge in [0.2, 0.25) is 5.78 Å². The van der Waals surface area contributed by atoms with E-state index in [1.807, 2.05) is 0 Å². The van der Waals surface area contributed by atoms with Crippen molar-refractivity contribution in [2.75, 3.05) is 44.8 Å². The maximum atomic E-state index is 12.5. The van der Waals surface area contributed by atoms with E-state index in [1.165, 1.54) is 6.08 Å². The minimum Gasteiger partial charge on any atom is -0.478 e. The van der Waals surface area contributed by atoms with Crippen molar-refractivity contribution in [3.05, 3.63) is 39.9 Å². The van der Waals surface area contributed by atoms with Crippen molar-refractivity contribution in [3.8, 4) is 0 Å². The van der Waals surface area contributed by atoms with E-state index >= 15 is 0 Å². The Kier molecular flexibility index (Phi) is 5.39. The van der Waals surface area contributed by atoms with E-state index < -0.39 is 11.8 Å². The molecule has 1 aliphatic heterocycles. The van der Waals surface area contributed by atoms with Crippen LogP contribution in [0.1, 0.15) is 22.0 Å². The summed E-state index contributed by atoms with van der Waals surface area (Å²) in [5, 5.41) is 21.5. The molecule has 0 bridgehead atoms. The molecule has 0 aromatic heterocycles. The van der Waals surface area contributed by atoms with Crippen LogP contribution in [-0.2, 0) is 9.53 Å². The van der Waals surface area contributed by atoms with E-state index in [9.17, 15) is 14.7 Å². The molecule has 0 saturated carbocycles. The van der Waals surface area contributed by atoms with Crippen molar-refractivity contribution in [1.29, 1.82) is 0 Å². The van der Waals surface area contributed by atoms with Crippen molar-refractivity contribution in [2.45, 2.75) is 6.04 Å². The zero-order valence-electron chi connectivity index (χ0n) is 13.5. The predicted molar refractivity (Wildman–Crippen MR) is 92.2 cm³/mol. The maximum Gasteiger partial charge on any atom is 0.339 e. The molecule has 0 radical (unpaired) electrons. The highest BCUT2D eigenvalue weighted by atomic mass is 35.5. The molecule has 1 unspecified atom stereocenters. The summed E-state index contributed by atoms with van der Waals surface area (Å²) in [5.74, 6) is -1.72. The van der Waals surface area contributed by atoms with Crippen molar-refractivity contribution in [2.24, 2.45) is 0 Å². The van der Waals surface area contributed by atoms with Gasteiger partial charge in [-0.15, -0.1) is 0 Å². The van der Waals surface area contributed by atoms with Crippen LogP contribution in [-0.4, -0.2) is 66.3 Å². The normalized spacial score (nSPS) is 19.4. The lowest BCUT2D eigenvalue weighted by Crippen LogP contribution is -2.24. The fourth-order valence-electron chi connectivity index (χ4n) is 2.86. The van der Waals surface area contributed by atoms with E-state index in [1.54, 1.807) is 12.1 Å².